The van der Waals surface area contributed by atoms with E-state index in [1.807, 2.05) is 18.5 Å². The maximum absolute atomic E-state index is 10.7. The van der Waals surface area contributed by atoms with Crippen molar-refractivity contribution in [2.45, 2.75) is 13.3 Å². The lowest BCUT2D eigenvalue weighted by molar-refractivity contribution is 0.0696. The topological polar surface area (TPSA) is 68.0 Å². The Labute approximate surface area is 86.4 Å². The van der Waals surface area contributed by atoms with Crippen LogP contribution in [0.15, 0.2) is 12.3 Å². The largest absolute Gasteiger partial charge is 0.478 e. The molecular weight excluding hydrogens is 194 g/mol. The number of hydrogen-bond donors (Lipinski definition) is 1. The Bertz CT molecular complexity index is 531. The van der Waals surface area contributed by atoms with Crippen molar-refractivity contribution in [1.82, 2.24) is 14.5 Å². The van der Waals surface area contributed by atoms with Crippen LogP contribution in [0.4, 0.5) is 0 Å². The summed E-state index contributed by atoms with van der Waals surface area (Å²) in [4.78, 5) is 19.1. The van der Waals surface area contributed by atoms with Crippen molar-refractivity contribution in [3.63, 3.8) is 0 Å². The van der Waals surface area contributed by atoms with Crippen LogP contribution in [-0.4, -0.2) is 25.6 Å². The summed E-state index contributed by atoms with van der Waals surface area (Å²) in [5.74, 6) is -0.0758. The summed E-state index contributed by atoms with van der Waals surface area (Å²) in [6, 6.07) is 1.55. The molecule has 0 aromatic carbocycles. The highest BCUT2D eigenvalue weighted by Gasteiger charge is 2.10. The highest BCUT2D eigenvalue weighted by molar-refractivity contribution is 5.90. The SMILES string of the molecule is CCc1nc2cc(C(=O)O)cnc2n1C. The van der Waals surface area contributed by atoms with Crippen LogP contribution >= 0.6 is 0 Å². The molecule has 0 fully saturated rings. The van der Waals surface area contributed by atoms with E-state index < -0.39 is 5.97 Å². The number of fused-ring (bicyclic) bond motifs is 1. The molecule has 0 spiro atoms. The Balaban J connectivity index is 2.68. The number of carboxylic acids is 1. The molecule has 2 rings (SSSR count). The fourth-order valence-corrected chi connectivity index (χ4v) is 1.56. The molecule has 78 valence electrons. The molecule has 15 heavy (non-hydrogen) atoms. The van der Waals surface area contributed by atoms with Gasteiger partial charge < -0.3 is 9.67 Å². The molecule has 0 saturated heterocycles. The van der Waals surface area contributed by atoms with Gasteiger partial charge in [0.1, 0.15) is 11.3 Å². The number of carbonyl (C=O) groups is 1. The minimum atomic E-state index is -0.979. The van der Waals surface area contributed by atoms with Crippen LogP contribution in [0, 0.1) is 0 Å². The summed E-state index contributed by atoms with van der Waals surface area (Å²) in [5, 5.41) is 8.80. The minimum Gasteiger partial charge on any atom is -0.478 e. The number of pyridine rings is 1. The monoisotopic (exact) mass is 205 g/mol. The van der Waals surface area contributed by atoms with Crippen LogP contribution in [0.25, 0.3) is 11.2 Å². The molecule has 0 bridgehead atoms. The van der Waals surface area contributed by atoms with Gasteiger partial charge >= 0.3 is 5.97 Å². The van der Waals surface area contributed by atoms with E-state index in [1.165, 1.54) is 6.20 Å². The normalized spacial score (nSPS) is 10.8. The molecule has 0 saturated carbocycles. The second-order valence-corrected chi connectivity index (χ2v) is 3.31. The predicted octanol–water partition coefficient (Wildman–Crippen LogP) is 1.23. The zero-order valence-corrected chi connectivity index (χ0v) is 8.56. The molecule has 2 heterocycles. The van der Waals surface area contributed by atoms with Crippen LogP contribution < -0.4 is 0 Å². The first-order valence-corrected chi connectivity index (χ1v) is 4.68. The summed E-state index contributed by atoms with van der Waals surface area (Å²) < 4.78 is 1.88. The third kappa shape index (κ3) is 1.45. The van der Waals surface area contributed by atoms with Crippen LogP contribution in [0.1, 0.15) is 23.1 Å². The maximum Gasteiger partial charge on any atom is 0.337 e. The molecular formula is C10H11N3O2. The van der Waals surface area contributed by atoms with E-state index in [1.54, 1.807) is 6.07 Å². The summed E-state index contributed by atoms with van der Waals surface area (Å²) in [7, 11) is 1.88. The summed E-state index contributed by atoms with van der Waals surface area (Å²) in [6.07, 6.45) is 2.15. The van der Waals surface area contributed by atoms with Crippen molar-refractivity contribution < 1.29 is 9.90 Å². The Kier molecular flexibility index (Phi) is 2.15. The predicted molar refractivity (Wildman–Crippen MR) is 54.8 cm³/mol. The number of carboxylic acid groups (broad SMARTS) is 1. The van der Waals surface area contributed by atoms with Crippen LogP contribution in [0.5, 0.6) is 0 Å². The van der Waals surface area contributed by atoms with E-state index in [-0.39, 0.29) is 5.56 Å². The number of rotatable bonds is 2. The average Bonchev–Trinajstić information content (AvgIpc) is 2.55. The average molecular weight is 205 g/mol. The van der Waals surface area contributed by atoms with Gasteiger partial charge in [0.2, 0.25) is 0 Å². The van der Waals surface area contributed by atoms with Gasteiger partial charge in [-0.25, -0.2) is 14.8 Å². The first kappa shape index (κ1) is 9.64. The molecule has 5 heteroatoms. The number of imidazole rings is 1. The van der Waals surface area contributed by atoms with Gasteiger partial charge in [-0.3, -0.25) is 0 Å². The number of hydrogen-bond acceptors (Lipinski definition) is 3. The fourth-order valence-electron chi connectivity index (χ4n) is 1.56. The Morgan fingerprint density at radius 2 is 2.33 bits per heavy atom. The summed E-state index contributed by atoms with van der Waals surface area (Å²) in [5.41, 5.74) is 1.52. The van der Waals surface area contributed by atoms with Crippen molar-refractivity contribution in [2.24, 2.45) is 7.05 Å². The molecule has 0 atom stereocenters. The number of aromatic carboxylic acids is 1. The third-order valence-corrected chi connectivity index (χ3v) is 2.36. The first-order chi connectivity index (χ1) is 7.13. The third-order valence-electron chi connectivity index (χ3n) is 2.36. The minimum absolute atomic E-state index is 0.170. The quantitative estimate of drug-likeness (QED) is 0.800. The van der Waals surface area contributed by atoms with Crippen LogP contribution in [-0.2, 0) is 13.5 Å². The molecule has 0 aliphatic heterocycles. The molecule has 0 aliphatic rings. The number of aryl methyl sites for hydroxylation is 2. The lowest BCUT2D eigenvalue weighted by Crippen LogP contribution is -1.98. The van der Waals surface area contributed by atoms with Crippen LogP contribution in [0.2, 0.25) is 0 Å². The lowest BCUT2D eigenvalue weighted by Gasteiger charge is -1.97. The highest BCUT2D eigenvalue weighted by atomic mass is 16.4. The van der Waals surface area contributed by atoms with Gasteiger partial charge in [-0.2, -0.15) is 0 Å². The van der Waals surface area contributed by atoms with Gasteiger partial charge in [-0.1, -0.05) is 6.92 Å². The van der Waals surface area contributed by atoms with E-state index in [2.05, 4.69) is 9.97 Å². The molecule has 5 nitrogen and oxygen atoms in total. The molecule has 0 amide bonds. The zero-order chi connectivity index (χ0) is 11.0. The number of aromatic nitrogens is 3. The zero-order valence-electron chi connectivity index (χ0n) is 8.56. The van der Waals surface area contributed by atoms with Crippen molar-refractivity contribution >= 4 is 17.1 Å². The van der Waals surface area contributed by atoms with Crippen molar-refractivity contribution in [2.75, 3.05) is 0 Å². The highest BCUT2D eigenvalue weighted by Crippen LogP contribution is 2.14. The van der Waals surface area contributed by atoms with Crippen molar-refractivity contribution in [3.8, 4) is 0 Å². The van der Waals surface area contributed by atoms with Gasteiger partial charge in [0.05, 0.1) is 5.56 Å². The fraction of sp³-hybridized carbons (Fsp3) is 0.300. The van der Waals surface area contributed by atoms with Gasteiger partial charge in [0.25, 0.3) is 0 Å². The smallest absolute Gasteiger partial charge is 0.337 e. The Morgan fingerprint density at radius 1 is 1.60 bits per heavy atom. The molecule has 2 aromatic rings. The summed E-state index contributed by atoms with van der Waals surface area (Å²) >= 11 is 0. The van der Waals surface area contributed by atoms with E-state index in [4.69, 9.17) is 5.11 Å². The Morgan fingerprint density at radius 3 is 2.93 bits per heavy atom. The van der Waals surface area contributed by atoms with Crippen molar-refractivity contribution in [3.05, 3.63) is 23.7 Å². The van der Waals surface area contributed by atoms with Gasteiger partial charge in [-0.15, -0.1) is 0 Å². The molecule has 1 N–H and O–H groups in total. The molecule has 0 unspecified atom stereocenters. The van der Waals surface area contributed by atoms with Gasteiger partial charge in [0.15, 0.2) is 5.65 Å². The Hall–Kier alpha value is -1.91. The van der Waals surface area contributed by atoms with E-state index in [9.17, 15) is 4.79 Å². The standard InChI is InChI=1S/C10H11N3O2/c1-3-8-12-7-4-6(10(14)15)5-11-9(7)13(8)2/h4-5H,3H2,1-2H3,(H,14,15). The second kappa shape index (κ2) is 3.34. The molecule has 0 radical (unpaired) electrons. The lowest BCUT2D eigenvalue weighted by atomic mass is 10.3. The maximum atomic E-state index is 10.7. The molecule has 2 aromatic heterocycles. The second-order valence-electron chi connectivity index (χ2n) is 3.31. The number of nitrogens with zero attached hydrogens (tertiary/aromatic N) is 3. The van der Waals surface area contributed by atoms with E-state index >= 15 is 0 Å². The van der Waals surface area contributed by atoms with Crippen LogP contribution in [0.3, 0.4) is 0 Å². The van der Waals surface area contributed by atoms with Crippen molar-refractivity contribution in [1.29, 1.82) is 0 Å². The van der Waals surface area contributed by atoms with Gasteiger partial charge in [-0.05, 0) is 6.07 Å². The van der Waals surface area contributed by atoms with E-state index in [0.717, 1.165) is 17.9 Å². The molecule has 0 aliphatic carbocycles. The first-order valence-electron chi connectivity index (χ1n) is 4.68. The van der Waals surface area contributed by atoms with Gasteiger partial charge in [0, 0.05) is 19.7 Å². The summed E-state index contributed by atoms with van der Waals surface area (Å²) in [6.45, 7) is 2.00. The van der Waals surface area contributed by atoms with E-state index in [0.29, 0.717) is 5.52 Å².